The minimum absolute atomic E-state index is 0.0945. The molecule has 0 bridgehead atoms. The van der Waals surface area contributed by atoms with Gasteiger partial charge in [-0.1, -0.05) is 0 Å². The number of carbonyl (C=O) groups excluding carboxylic acids is 1. The number of carboxylic acids is 1. The second-order valence-electron chi connectivity index (χ2n) is 5.73. The summed E-state index contributed by atoms with van der Waals surface area (Å²) in [6.45, 7) is 6.01. The Kier molecular flexibility index (Phi) is 5.60. The molecule has 1 N–H and O–H groups in total. The first-order chi connectivity index (χ1) is 8.79. The van der Waals surface area contributed by atoms with Gasteiger partial charge in [-0.2, -0.15) is 0 Å². The number of aliphatic carboxylic acids is 1. The van der Waals surface area contributed by atoms with Gasteiger partial charge in [0.25, 0.3) is 0 Å². The number of hydrogen-bond donors (Lipinski definition) is 1. The summed E-state index contributed by atoms with van der Waals surface area (Å²) in [5.74, 6) is -1.00. The average molecular weight is 273 g/mol. The van der Waals surface area contributed by atoms with Gasteiger partial charge < -0.3 is 19.5 Å². The maximum atomic E-state index is 12.1. The van der Waals surface area contributed by atoms with E-state index < -0.39 is 11.6 Å². The summed E-state index contributed by atoms with van der Waals surface area (Å²) in [7, 11) is 0. The lowest BCUT2D eigenvalue weighted by Gasteiger charge is -2.36. The lowest BCUT2D eigenvalue weighted by molar-refractivity contribution is -0.142. The molecule has 1 heterocycles. The molecular formula is C13H23NO5. The van der Waals surface area contributed by atoms with E-state index in [0.29, 0.717) is 6.54 Å². The molecule has 19 heavy (non-hydrogen) atoms. The van der Waals surface area contributed by atoms with Crippen LogP contribution in [0.3, 0.4) is 0 Å². The van der Waals surface area contributed by atoms with Crippen LogP contribution in [0, 0.1) is 0 Å². The van der Waals surface area contributed by atoms with Crippen molar-refractivity contribution in [3.63, 3.8) is 0 Å². The first-order valence-electron chi connectivity index (χ1n) is 6.59. The van der Waals surface area contributed by atoms with Gasteiger partial charge >= 0.3 is 12.1 Å². The number of amides is 1. The molecule has 6 heteroatoms. The predicted octanol–water partition coefficient (Wildman–Crippen LogP) is 1.88. The van der Waals surface area contributed by atoms with Gasteiger partial charge in [-0.15, -0.1) is 0 Å². The quantitative estimate of drug-likeness (QED) is 0.846. The summed E-state index contributed by atoms with van der Waals surface area (Å²) < 4.78 is 10.4. The van der Waals surface area contributed by atoms with Gasteiger partial charge in [-0.25, -0.2) is 9.59 Å². The number of likely N-dealkylation sites (tertiary alicyclic amines) is 1. The van der Waals surface area contributed by atoms with Crippen molar-refractivity contribution in [2.24, 2.45) is 0 Å². The normalized spacial score (nSPS) is 20.2. The Hall–Kier alpha value is -1.30. The van der Waals surface area contributed by atoms with Gasteiger partial charge in [0.2, 0.25) is 0 Å². The molecule has 0 unspecified atom stereocenters. The Balaban J connectivity index is 2.51. The Bertz CT molecular complexity index is 323. The molecule has 0 aromatic carbocycles. The number of nitrogens with zero attached hydrogens (tertiary/aromatic N) is 1. The van der Waals surface area contributed by atoms with Crippen LogP contribution in [0.25, 0.3) is 0 Å². The highest BCUT2D eigenvalue weighted by atomic mass is 16.6. The maximum absolute atomic E-state index is 12.1. The fraction of sp³-hybridized carbons (Fsp3) is 0.846. The summed E-state index contributed by atoms with van der Waals surface area (Å²) in [5, 5.41) is 8.54. The smallest absolute Gasteiger partial charge is 0.410 e. The molecule has 1 fully saturated rings. The van der Waals surface area contributed by atoms with Crippen LogP contribution in [0.2, 0.25) is 0 Å². The number of ether oxygens (including phenoxy) is 2. The molecule has 1 aliphatic rings. The van der Waals surface area contributed by atoms with Crippen molar-refractivity contribution in [2.45, 2.75) is 51.7 Å². The summed E-state index contributed by atoms with van der Waals surface area (Å²) >= 11 is 0. The van der Waals surface area contributed by atoms with E-state index in [-0.39, 0.29) is 25.3 Å². The molecule has 0 aromatic heterocycles. The van der Waals surface area contributed by atoms with Gasteiger partial charge in [0.1, 0.15) is 12.2 Å². The van der Waals surface area contributed by atoms with Gasteiger partial charge in [0.05, 0.1) is 12.6 Å². The van der Waals surface area contributed by atoms with Crippen molar-refractivity contribution in [3.8, 4) is 0 Å². The molecule has 0 aromatic rings. The minimum Gasteiger partial charge on any atom is -0.480 e. The van der Waals surface area contributed by atoms with E-state index in [1.54, 1.807) is 4.90 Å². The van der Waals surface area contributed by atoms with Gasteiger partial charge in [0, 0.05) is 6.54 Å². The Morgan fingerprint density at radius 2 is 2.00 bits per heavy atom. The summed E-state index contributed by atoms with van der Waals surface area (Å²) in [6.07, 6.45) is 2.42. The predicted molar refractivity (Wildman–Crippen MR) is 69.0 cm³/mol. The topological polar surface area (TPSA) is 76.1 Å². The average Bonchev–Trinajstić information content (AvgIpc) is 2.26. The number of hydrogen-bond acceptors (Lipinski definition) is 4. The van der Waals surface area contributed by atoms with Gasteiger partial charge in [-0.05, 0) is 40.0 Å². The second kappa shape index (κ2) is 6.75. The largest absolute Gasteiger partial charge is 0.480 e. The Labute approximate surface area is 113 Å². The number of rotatable bonds is 4. The molecule has 0 saturated carbocycles. The third kappa shape index (κ3) is 5.92. The van der Waals surface area contributed by atoms with Crippen LogP contribution >= 0.6 is 0 Å². The van der Waals surface area contributed by atoms with Gasteiger partial charge in [-0.3, -0.25) is 0 Å². The van der Waals surface area contributed by atoms with Crippen LogP contribution in [0.1, 0.15) is 40.0 Å². The van der Waals surface area contributed by atoms with Crippen LogP contribution in [0.5, 0.6) is 0 Å². The molecular weight excluding hydrogens is 250 g/mol. The third-order valence-corrected chi connectivity index (χ3v) is 2.79. The van der Waals surface area contributed by atoms with E-state index in [1.165, 1.54) is 0 Å². The standard InChI is InChI=1S/C13H23NO5/c1-13(2,3)19-12(17)14-7-5-4-6-10(14)8-18-9-11(15)16/h10H,4-9H2,1-3H3,(H,15,16)/t10-/m0/s1. The first kappa shape index (κ1) is 15.8. The van der Waals surface area contributed by atoms with E-state index in [1.807, 2.05) is 20.8 Å². The number of carbonyl (C=O) groups is 2. The zero-order valence-corrected chi connectivity index (χ0v) is 11.8. The van der Waals surface area contributed by atoms with Crippen LogP contribution < -0.4 is 0 Å². The summed E-state index contributed by atoms with van der Waals surface area (Å²) in [6, 6.07) is -0.0945. The van der Waals surface area contributed by atoms with Crippen molar-refractivity contribution in [3.05, 3.63) is 0 Å². The monoisotopic (exact) mass is 273 g/mol. The molecule has 0 radical (unpaired) electrons. The van der Waals surface area contributed by atoms with E-state index in [9.17, 15) is 9.59 Å². The summed E-state index contributed by atoms with van der Waals surface area (Å²) in [4.78, 5) is 24.1. The van der Waals surface area contributed by atoms with E-state index in [0.717, 1.165) is 19.3 Å². The molecule has 1 atom stereocenters. The molecule has 1 rings (SSSR count). The highest BCUT2D eigenvalue weighted by Gasteiger charge is 2.30. The zero-order chi connectivity index (χ0) is 14.5. The minimum atomic E-state index is -1.00. The van der Waals surface area contributed by atoms with Crippen molar-refractivity contribution < 1.29 is 24.2 Å². The highest BCUT2D eigenvalue weighted by molar-refractivity contribution is 5.69. The van der Waals surface area contributed by atoms with Crippen LogP contribution in [-0.4, -0.2) is 53.5 Å². The molecule has 6 nitrogen and oxygen atoms in total. The number of carboxylic acid groups (broad SMARTS) is 1. The van der Waals surface area contributed by atoms with Crippen LogP contribution in [-0.2, 0) is 14.3 Å². The molecule has 0 aliphatic carbocycles. The maximum Gasteiger partial charge on any atom is 0.410 e. The van der Waals surface area contributed by atoms with Crippen LogP contribution in [0.4, 0.5) is 4.79 Å². The van der Waals surface area contributed by atoms with Gasteiger partial charge in [0.15, 0.2) is 0 Å². The van der Waals surface area contributed by atoms with Crippen molar-refractivity contribution in [2.75, 3.05) is 19.8 Å². The zero-order valence-electron chi connectivity index (χ0n) is 11.8. The third-order valence-electron chi connectivity index (χ3n) is 2.79. The molecule has 0 spiro atoms. The van der Waals surface area contributed by atoms with Crippen molar-refractivity contribution in [1.82, 2.24) is 4.90 Å². The summed E-state index contributed by atoms with van der Waals surface area (Å²) in [5.41, 5.74) is -0.527. The number of piperidine rings is 1. The molecule has 1 aliphatic heterocycles. The van der Waals surface area contributed by atoms with E-state index in [2.05, 4.69) is 0 Å². The lowest BCUT2D eigenvalue weighted by Crippen LogP contribution is -2.48. The van der Waals surface area contributed by atoms with Crippen LogP contribution in [0.15, 0.2) is 0 Å². The van der Waals surface area contributed by atoms with E-state index in [4.69, 9.17) is 14.6 Å². The molecule has 1 saturated heterocycles. The fourth-order valence-electron chi connectivity index (χ4n) is 2.02. The Morgan fingerprint density at radius 3 is 2.58 bits per heavy atom. The van der Waals surface area contributed by atoms with Crippen molar-refractivity contribution in [1.29, 1.82) is 0 Å². The SMILES string of the molecule is CC(C)(C)OC(=O)N1CCCC[C@H]1COCC(=O)O. The first-order valence-corrected chi connectivity index (χ1v) is 6.59. The Morgan fingerprint density at radius 1 is 1.32 bits per heavy atom. The second-order valence-corrected chi connectivity index (χ2v) is 5.73. The lowest BCUT2D eigenvalue weighted by atomic mass is 10.0. The molecule has 110 valence electrons. The van der Waals surface area contributed by atoms with Crippen molar-refractivity contribution >= 4 is 12.1 Å². The highest BCUT2D eigenvalue weighted by Crippen LogP contribution is 2.20. The molecule has 1 amide bonds. The fourth-order valence-corrected chi connectivity index (χ4v) is 2.02. The van der Waals surface area contributed by atoms with E-state index >= 15 is 0 Å².